The summed E-state index contributed by atoms with van der Waals surface area (Å²) in [6.07, 6.45) is 1.50. The van der Waals surface area contributed by atoms with Gasteiger partial charge in [0.25, 0.3) is 0 Å². The SMILES string of the molecule is COc1ccc(C2=N/C(=C/c3ccc(OC(F)F)cc3)C(=O)O2)cc1. The van der Waals surface area contributed by atoms with E-state index in [1.807, 2.05) is 0 Å². The number of halogens is 2. The van der Waals surface area contributed by atoms with Crippen LogP contribution in [0.5, 0.6) is 11.5 Å². The predicted molar refractivity (Wildman–Crippen MR) is 86.7 cm³/mol. The number of ether oxygens (including phenoxy) is 3. The fourth-order valence-electron chi connectivity index (χ4n) is 2.17. The molecule has 0 saturated carbocycles. The maximum Gasteiger partial charge on any atom is 0.387 e. The Morgan fingerprint density at radius 2 is 1.68 bits per heavy atom. The number of cyclic esters (lactones) is 1. The highest BCUT2D eigenvalue weighted by molar-refractivity contribution is 6.12. The van der Waals surface area contributed by atoms with Gasteiger partial charge in [0.05, 0.1) is 7.11 Å². The van der Waals surface area contributed by atoms with Crippen LogP contribution in [-0.4, -0.2) is 25.6 Å². The van der Waals surface area contributed by atoms with Crippen molar-refractivity contribution in [2.45, 2.75) is 6.61 Å². The van der Waals surface area contributed by atoms with Gasteiger partial charge in [0.15, 0.2) is 5.70 Å². The maximum atomic E-state index is 12.1. The molecule has 5 nitrogen and oxygen atoms in total. The van der Waals surface area contributed by atoms with Crippen LogP contribution in [0.25, 0.3) is 6.08 Å². The summed E-state index contributed by atoms with van der Waals surface area (Å²) in [5.74, 6) is 0.319. The Morgan fingerprint density at radius 1 is 1.04 bits per heavy atom. The predicted octanol–water partition coefficient (Wildman–Crippen LogP) is 3.64. The molecule has 2 aromatic carbocycles. The molecule has 0 fully saturated rings. The summed E-state index contributed by atoms with van der Waals surface area (Å²) in [7, 11) is 1.56. The van der Waals surface area contributed by atoms with Crippen LogP contribution in [0.15, 0.2) is 59.2 Å². The fraction of sp³-hybridized carbons (Fsp3) is 0.111. The van der Waals surface area contributed by atoms with E-state index in [0.29, 0.717) is 16.9 Å². The van der Waals surface area contributed by atoms with Crippen molar-refractivity contribution in [2.75, 3.05) is 7.11 Å². The third-order valence-electron chi connectivity index (χ3n) is 3.37. The van der Waals surface area contributed by atoms with Gasteiger partial charge < -0.3 is 14.2 Å². The van der Waals surface area contributed by atoms with E-state index in [9.17, 15) is 13.6 Å². The molecule has 2 aromatic rings. The molecule has 1 aliphatic rings. The van der Waals surface area contributed by atoms with Crippen molar-refractivity contribution in [3.05, 3.63) is 65.4 Å². The smallest absolute Gasteiger partial charge is 0.387 e. The minimum absolute atomic E-state index is 0.0357. The Bertz CT molecular complexity index is 827. The van der Waals surface area contributed by atoms with Crippen LogP contribution in [0, 0.1) is 0 Å². The average molecular weight is 345 g/mol. The lowest BCUT2D eigenvalue weighted by Gasteiger charge is -2.03. The molecule has 128 valence electrons. The van der Waals surface area contributed by atoms with Crippen LogP contribution in [0.1, 0.15) is 11.1 Å². The number of nitrogens with zero attached hydrogens (tertiary/aromatic N) is 1. The van der Waals surface area contributed by atoms with E-state index in [0.717, 1.165) is 0 Å². The number of esters is 1. The summed E-state index contributed by atoms with van der Waals surface area (Å²) >= 11 is 0. The van der Waals surface area contributed by atoms with Crippen molar-refractivity contribution in [3.8, 4) is 11.5 Å². The van der Waals surface area contributed by atoms with Gasteiger partial charge in [-0.25, -0.2) is 9.79 Å². The molecule has 1 heterocycles. The minimum atomic E-state index is -2.88. The number of hydrogen-bond acceptors (Lipinski definition) is 5. The molecule has 0 saturated heterocycles. The Balaban J connectivity index is 1.80. The van der Waals surface area contributed by atoms with Gasteiger partial charge in [-0.1, -0.05) is 12.1 Å². The van der Waals surface area contributed by atoms with Crippen LogP contribution in [0.3, 0.4) is 0 Å². The van der Waals surface area contributed by atoms with Crippen LogP contribution >= 0.6 is 0 Å². The first-order valence-corrected chi connectivity index (χ1v) is 7.27. The zero-order valence-corrected chi connectivity index (χ0v) is 13.1. The molecule has 3 rings (SSSR count). The van der Waals surface area contributed by atoms with Gasteiger partial charge in [0, 0.05) is 5.56 Å². The number of carbonyl (C=O) groups is 1. The quantitative estimate of drug-likeness (QED) is 0.613. The van der Waals surface area contributed by atoms with E-state index in [1.165, 1.54) is 18.2 Å². The monoisotopic (exact) mass is 345 g/mol. The van der Waals surface area contributed by atoms with E-state index in [2.05, 4.69) is 9.73 Å². The molecule has 7 heteroatoms. The fourth-order valence-corrected chi connectivity index (χ4v) is 2.17. The van der Waals surface area contributed by atoms with Gasteiger partial charge in [0.2, 0.25) is 5.90 Å². The van der Waals surface area contributed by atoms with Gasteiger partial charge in [-0.05, 0) is 48.0 Å². The summed E-state index contributed by atoms with van der Waals surface area (Å²) in [6.45, 7) is -2.88. The molecule has 0 amide bonds. The Kier molecular flexibility index (Phi) is 4.74. The molecule has 25 heavy (non-hydrogen) atoms. The van der Waals surface area contributed by atoms with Gasteiger partial charge >= 0.3 is 12.6 Å². The molecular weight excluding hydrogens is 332 g/mol. The first-order valence-electron chi connectivity index (χ1n) is 7.27. The standard InChI is InChI=1S/C18H13F2NO4/c1-23-13-8-4-12(5-9-13)16-21-15(17(22)25-16)10-11-2-6-14(7-3-11)24-18(19)20/h2-10,18H,1H3/b15-10+. The largest absolute Gasteiger partial charge is 0.497 e. The lowest BCUT2D eigenvalue weighted by molar-refractivity contribution is -0.129. The molecule has 0 N–H and O–H groups in total. The number of carbonyl (C=O) groups excluding carboxylic acids is 1. The summed E-state index contributed by atoms with van der Waals surface area (Å²) < 4.78 is 38.8. The van der Waals surface area contributed by atoms with Gasteiger partial charge in [-0.3, -0.25) is 0 Å². The van der Waals surface area contributed by atoms with Crippen molar-refractivity contribution in [2.24, 2.45) is 4.99 Å². The number of rotatable bonds is 5. The second-order valence-corrected chi connectivity index (χ2v) is 5.01. The maximum absolute atomic E-state index is 12.1. The Morgan fingerprint density at radius 3 is 2.28 bits per heavy atom. The van der Waals surface area contributed by atoms with E-state index < -0.39 is 12.6 Å². The molecular formula is C18H13F2NO4. The van der Waals surface area contributed by atoms with Gasteiger partial charge in [0.1, 0.15) is 11.5 Å². The lowest BCUT2D eigenvalue weighted by Crippen LogP contribution is -2.05. The number of methoxy groups -OCH3 is 1. The van der Waals surface area contributed by atoms with E-state index >= 15 is 0 Å². The second kappa shape index (κ2) is 7.12. The first kappa shape index (κ1) is 16.6. The number of benzene rings is 2. The normalized spacial score (nSPS) is 15.3. The third kappa shape index (κ3) is 4.00. The van der Waals surface area contributed by atoms with Crippen molar-refractivity contribution in [1.82, 2.24) is 0 Å². The van der Waals surface area contributed by atoms with E-state index in [1.54, 1.807) is 43.5 Å². The number of alkyl halides is 2. The minimum Gasteiger partial charge on any atom is -0.497 e. The third-order valence-corrected chi connectivity index (χ3v) is 3.37. The zero-order chi connectivity index (χ0) is 17.8. The molecule has 1 aliphatic heterocycles. The molecule has 0 aromatic heterocycles. The van der Waals surface area contributed by atoms with Crippen molar-refractivity contribution in [3.63, 3.8) is 0 Å². The van der Waals surface area contributed by atoms with Crippen LogP contribution < -0.4 is 9.47 Å². The van der Waals surface area contributed by atoms with Gasteiger partial charge in [-0.2, -0.15) is 8.78 Å². The number of hydrogen-bond donors (Lipinski definition) is 0. The van der Waals surface area contributed by atoms with Gasteiger partial charge in [-0.15, -0.1) is 0 Å². The molecule has 0 unspecified atom stereocenters. The number of aliphatic imine (C=N–C) groups is 1. The van der Waals surface area contributed by atoms with Crippen LogP contribution in [0.2, 0.25) is 0 Å². The summed E-state index contributed by atoms with van der Waals surface area (Å²) in [5, 5.41) is 0. The van der Waals surface area contributed by atoms with Crippen LogP contribution in [-0.2, 0) is 9.53 Å². The molecule has 0 atom stereocenters. The second-order valence-electron chi connectivity index (χ2n) is 5.01. The average Bonchev–Trinajstić information content (AvgIpc) is 2.97. The lowest BCUT2D eigenvalue weighted by atomic mass is 10.2. The zero-order valence-electron chi connectivity index (χ0n) is 13.1. The van der Waals surface area contributed by atoms with E-state index in [4.69, 9.17) is 9.47 Å². The highest BCUT2D eigenvalue weighted by Crippen LogP contribution is 2.22. The first-order chi connectivity index (χ1) is 12.0. The molecule has 0 radical (unpaired) electrons. The van der Waals surface area contributed by atoms with Crippen LogP contribution in [0.4, 0.5) is 8.78 Å². The van der Waals surface area contributed by atoms with Crippen molar-refractivity contribution < 1.29 is 27.8 Å². The summed E-state index contributed by atoms with van der Waals surface area (Å²) in [5.41, 5.74) is 1.36. The Hall–Kier alpha value is -3.22. The highest BCUT2D eigenvalue weighted by Gasteiger charge is 2.24. The molecule has 0 bridgehead atoms. The summed E-state index contributed by atoms with van der Waals surface area (Å²) in [6, 6.07) is 12.8. The molecule has 0 spiro atoms. The van der Waals surface area contributed by atoms with Crippen molar-refractivity contribution in [1.29, 1.82) is 0 Å². The topological polar surface area (TPSA) is 57.1 Å². The van der Waals surface area contributed by atoms with E-state index in [-0.39, 0.29) is 17.3 Å². The highest BCUT2D eigenvalue weighted by atomic mass is 19.3. The van der Waals surface area contributed by atoms with Crippen molar-refractivity contribution >= 4 is 17.9 Å². The Labute approximate surface area is 142 Å². The molecule has 0 aliphatic carbocycles. The summed E-state index contributed by atoms with van der Waals surface area (Å²) in [4.78, 5) is 16.1.